The van der Waals surface area contributed by atoms with E-state index < -0.39 is 23.1 Å². The van der Waals surface area contributed by atoms with Gasteiger partial charge in [-0.3, -0.25) is 14.9 Å². The molecule has 0 aliphatic carbocycles. The van der Waals surface area contributed by atoms with Crippen molar-refractivity contribution in [3.05, 3.63) is 33.3 Å². The second-order valence-electron chi connectivity index (χ2n) is 5.27. The molecular formula is C14H14ClNO7. The van der Waals surface area contributed by atoms with E-state index in [9.17, 15) is 14.9 Å². The summed E-state index contributed by atoms with van der Waals surface area (Å²) in [5, 5.41) is 10.8. The Labute approximate surface area is 136 Å². The highest BCUT2D eigenvalue weighted by atomic mass is 35.5. The van der Waals surface area contributed by atoms with E-state index in [1.54, 1.807) is 0 Å². The number of benzene rings is 1. The van der Waals surface area contributed by atoms with Crippen molar-refractivity contribution in [1.29, 1.82) is 0 Å². The van der Waals surface area contributed by atoms with Crippen LogP contribution in [0.15, 0.2) is 18.2 Å². The van der Waals surface area contributed by atoms with Crippen molar-refractivity contribution in [2.24, 2.45) is 0 Å². The summed E-state index contributed by atoms with van der Waals surface area (Å²) in [7, 11) is 0. The molecule has 9 heteroatoms. The number of carbonyl (C=O) groups excluding carboxylic acids is 1. The van der Waals surface area contributed by atoms with E-state index in [4.69, 9.17) is 30.5 Å². The van der Waals surface area contributed by atoms with Gasteiger partial charge in [0.25, 0.3) is 5.69 Å². The number of carbonyl (C=O) groups is 1. The molecule has 1 aromatic carbocycles. The maximum absolute atomic E-state index is 11.1. The number of hydrogen-bond acceptors (Lipinski definition) is 7. The van der Waals surface area contributed by atoms with E-state index in [1.807, 2.05) is 0 Å². The van der Waals surface area contributed by atoms with E-state index in [0.717, 1.165) is 0 Å². The average molecular weight is 344 g/mol. The lowest BCUT2D eigenvalue weighted by Gasteiger charge is -2.18. The molecule has 124 valence electrons. The largest absolute Gasteiger partial charge is 0.484 e. The second-order valence-corrected chi connectivity index (χ2v) is 5.68. The zero-order valence-electron chi connectivity index (χ0n) is 12.1. The molecule has 1 aromatic rings. The van der Waals surface area contributed by atoms with Gasteiger partial charge in [0.15, 0.2) is 12.2 Å². The van der Waals surface area contributed by atoms with Crippen LogP contribution in [0, 0.1) is 10.1 Å². The standard InChI is InChI=1S/C14H14ClNO7/c1-7(17)22-11-5-20-14-12(6-21-13(11)14)23-10-3-2-8(16(18)19)4-9(10)15/h2-4,11-14H,5-6H2,1H3/t11-,12-,13+,14+/m0/s1. The van der Waals surface area contributed by atoms with Crippen LogP contribution in [0.5, 0.6) is 5.75 Å². The third-order valence-electron chi connectivity index (χ3n) is 3.68. The number of rotatable bonds is 4. The van der Waals surface area contributed by atoms with Gasteiger partial charge in [0, 0.05) is 19.1 Å². The number of non-ortho nitro benzene ring substituents is 1. The minimum atomic E-state index is -0.534. The van der Waals surface area contributed by atoms with Crippen molar-refractivity contribution < 1.29 is 28.7 Å². The minimum absolute atomic E-state index is 0.116. The van der Waals surface area contributed by atoms with Gasteiger partial charge >= 0.3 is 5.97 Å². The topological polar surface area (TPSA) is 97.1 Å². The van der Waals surface area contributed by atoms with E-state index in [1.165, 1.54) is 25.1 Å². The van der Waals surface area contributed by atoms with Gasteiger partial charge < -0.3 is 18.9 Å². The molecule has 4 atom stereocenters. The summed E-state index contributed by atoms with van der Waals surface area (Å²) in [4.78, 5) is 21.2. The average Bonchev–Trinajstić information content (AvgIpc) is 3.04. The number of fused-ring (bicyclic) bond motifs is 1. The molecular weight excluding hydrogens is 330 g/mol. The highest BCUT2D eigenvalue weighted by Crippen LogP contribution is 2.35. The number of nitro groups is 1. The van der Waals surface area contributed by atoms with E-state index in [2.05, 4.69) is 0 Å². The van der Waals surface area contributed by atoms with Crippen LogP contribution in [0.2, 0.25) is 5.02 Å². The Morgan fingerprint density at radius 2 is 1.96 bits per heavy atom. The molecule has 2 fully saturated rings. The van der Waals surface area contributed by atoms with Crippen LogP contribution in [0.25, 0.3) is 0 Å². The molecule has 0 unspecified atom stereocenters. The highest BCUT2D eigenvalue weighted by molar-refractivity contribution is 6.32. The molecule has 2 saturated heterocycles. The van der Waals surface area contributed by atoms with Gasteiger partial charge in [-0.05, 0) is 6.07 Å². The Hall–Kier alpha value is -1.90. The summed E-state index contributed by atoms with van der Waals surface area (Å²) < 4.78 is 22.1. The third-order valence-corrected chi connectivity index (χ3v) is 3.98. The molecule has 0 N–H and O–H groups in total. The monoisotopic (exact) mass is 343 g/mol. The Bertz CT molecular complexity index is 638. The number of halogens is 1. The molecule has 0 spiro atoms. The van der Waals surface area contributed by atoms with E-state index >= 15 is 0 Å². The zero-order chi connectivity index (χ0) is 16.6. The van der Waals surface area contributed by atoms with Crippen LogP contribution in [0.4, 0.5) is 5.69 Å². The Morgan fingerprint density at radius 1 is 1.30 bits per heavy atom. The lowest BCUT2D eigenvalue weighted by molar-refractivity contribution is -0.384. The molecule has 23 heavy (non-hydrogen) atoms. The molecule has 8 nitrogen and oxygen atoms in total. The third kappa shape index (κ3) is 3.24. The molecule has 0 aromatic heterocycles. The zero-order valence-corrected chi connectivity index (χ0v) is 12.9. The molecule has 0 saturated carbocycles. The molecule has 0 radical (unpaired) electrons. The first-order chi connectivity index (χ1) is 11.0. The van der Waals surface area contributed by atoms with Gasteiger partial charge in [-0.15, -0.1) is 0 Å². The van der Waals surface area contributed by atoms with Crippen molar-refractivity contribution in [2.45, 2.75) is 31.3 Å². The maximum atomic E-state index is 11.1. The first-order valence-corrected chi connectivity index (χ1v) is 7.34. The normalized spacial score (nSPS) is 29.1. The maximum Gasteiger partial charge on any atom is 0.303 e. The number of nitrogens with zero attached hydrogens (tertiary/aromatic N) is 1. The van der Waals surface area contributed by atoms with Gasteiger partial charge in [0.05, 0.1) is 23.2 Å². The summed E-state index contributed by atoms with van der Waals surface area (Å²) in [5.41, 5.74) is -0.116. The fraction of sp³-hybridized carbons (Fsp3) is 0.500. The lowest BCUT2D eigenvalue weighted by atomic mass is 10.1. The lowest BCUT2D eigenvalue weighted by Crippen LogP contribution is -2.36. The minimum Gasteiger partial charge on any atom is -0.484 e. The predicted molar refractivity (Wildman–Crippen MR) is 77.6 cm³/mol. The molecule has 0 amide bonds. The first kappa shape index (κ1) is 16.0. The first-order valence-electron chi connectivity index (χ1n) is 6.96. The van der Waals surface area contributed by atoms with Gasteiger partial charge in [0.2, 0.25) is 0 Å². The predicted octanol–water partition coefficient (Wildman–Crippen LogP) is 1.72. The van der Waals surface area contributed by atoms with Crippen LogP contribution in [0.3, 0.4) is 0 Å². The van der Waals surface area contributed by atoms with Crippen LogP contribution in [-0.4, -0.2) is 48.5 Å². The molecule has 2 aliphatic rings. The van der Waals surface area contributed by atoms with Crippen LogP contribution < -0.4 is 4.74 Å². The van der Waals surface area contributed by atoms with Crippen molar-refractivity contribution in [2.75, 3.05) is 13.2 Å². The summed E-state index contributed by atoms with van der Waals surface area (Å²) in [5.74, 6) is -0.0864. The molecule has 2 heterocycles. The Morgan fingerprint density at radius 3 is 2.57 bits per heavy atom. The quantitative estimate of drug-likeness (QED) is 0.466. The Kier molecular flexibility index (Phi) is 4.38. The fourth-order valence-electron chi connectivity index (χ4n) is 2.71. The Balaban J connectivity index is 1.68. The number of hydrogen-bond donors (Lipinski definition) is 0. The number of nitro benzene ring substituents is 1. The smallest absolute Gasteiger partial charge is 0.303 e. The van der Waals surface area contributed by atoms with Crippen LogP contribution >= 0.6 is 11.6 Å². The van der Waals surface area contributed by atoms with Crippen molar-refractivity contribution >= 4 is 23.3 Å². The van der Waals surface area contributed by atoms with Crippen LogP contribution in [-0.2, 0) is 19.0 Å². The van der Waals surface area contributed by atoms with Gasteiger partial charge in [-0.25, -0.2) is 0 Å². The number of ether oxygens (including phenoxy) is 4. The summed E-state index contributed by atoms with van der Waals surface area (Å²) in [6.45, 7) is 1.82. The van der Waals surface area contributed by atoms with Crippen LogP contribution in [0.1, 0.15) is 6.92 Å². The van der Waals surface area contributed by atoms with Crippen molar-refractivity contribution in [3.63, 3.8) is 0 Å². The molecule has 2 aliphatic heterocycles. The second kappa shape index (κ2) is 6.31. The summed E-state index contributed by atoms with van der Waals surface area (Å²) >= 11 is 6.01. The van der Waals surface area contributed by atoms with Gasteiger partial charge in [-0.1, -0.05) is 11.6 Å². The van der Waals surface area contributed by atoms with Gasteiger partial charge in [-0.2, -0.15) is 0 Å². The molecule has 3 rings (SSSR count). The summed E-state index contributed by atoms with van der Waals surface area (Å²) in [6, 6.07) is 3.97. The fourth-order valence-corrected chi connectivity index (χ4v) is 2.93. The summed E-state index contributed by atoms with van der Waals surface area (Å²) in [6.07, 6.45) is -1.66. The van der Waals surface area contributed by atoms with E-state index in [0.29, 0.717) is 5.75 Å². The number of esters is 1. The SMILES string of the molecule is CC(=O)O[C@H]1CO[C@H]2[C@@H]1OC[C@@H]2Oc1ccc([N+](=O)[O-])cc1Cl. The highest BCUT2D eigenvalue weighted by Gasteiger charge is 2.50. The van der Waals surface area contributed by atoms with Crippen molar-refractivity contribution in [1.82, 2.24) is 0 Å². The van der Waals surface area contributed by atoms with Crippen molar-refractivity contribution in [3.8, 4) is 5.75 Å². The molecule has 0 bridgehead atoms. The van der Waals surface area contributed by atoms with E-state index in [-0.39, 0.29) is 36.1 Å². The van der Waals surface area contributed by atoms with Gasteiger partial charge in [0.1, 0.15) is 18.0 Å².